The molecule has 1 aliphatic rings. The summed E-state index contributed by atoms with van der Waals surface area (Å²) in [6, 6.07) is 3.54. The van der Waals surface area contributed by atoms with Crippen LogP contribution in [0.25, 0.3) is 5.78 Å². The van der Waals surface area contributed by atoms with E-state index < -0.39 is 0 Å². The zero-order valence-electron chi connectivity index (χ0n) is 18.8. The fourth-order valence-corrected chi connectivity index (χ4v) is 3.97. The molecular formula is C22H29N7O2. The van der Waals surface area contributed by atoms with Gasteiger partial charge in [0, 0.05) is 42.5 Å². The molecule has 3 aromatic rings. The number of carbonyl (C=O) groups excluding carboxylic acids is 1. The SMILES string of the molecule is Cc1cc(C)n2nc(C(=O)N3CCC(Cn4cnc(C(C)(C)C)cc4=O)CC3)nc2n1. The number of piperidine rings is 1. The van der Waals surface area contributed by atoms with Crippen LogP contribution >= 0.6 is 0 Å². The van der Waals surface area contributed by atoms with Crippen LogP contribution < -0.4 is 5.56 Å². The third-order valence-electron chi connectivity index (χ3n) is 5.81. The first-order valence-electron chi connectivity index (χ1n) is 10.7. The van der Waals surface area contributed by atoms with Crippen LogP contribution in [0.4, 0.5) is 0 Å². The first-order chi connectivity index (χ1) is 14.6. The van der Waals surface area contributed by atoms with Crippen molar-refractivity contribution in [3.05, 3.63) is 51.7 Å². The topological polar surface area (TPSA) is 98.3 Å². The van der Waals surface area contributed by atoms with Gasteiger partial charge in [0.25, 0.3) is 17.2 Å². The maximum atomic E-state index is 12.9. The Labute approximate surface area is 181 Å². The number of aryl methyl sites for hydroxylation is 2. The van der Waals surface area contributed by atoms with E-state index in [9.17, 15) is 9.59 Å². The summed E-state index contributed by atoms with van der Waals surface area (Å²) in [6.07, 6.45) is 3.30. The molecule has 9 nitrogen and oxygen atoms in total. The standard InChI is InChI=1S/C22H29N7O2/c1-14-10-15(2)29-21(24-14)25-19(26-29)20(31)27-8-6-16(7-9-27)12-28-13-23-17(11-18(28)30)22(3,4)5/h10-11,13,16H,6-9,12H2,1-5H3. The van der Waals surface area contributed by atoms with E-state index in [1.807, 2.05) is 40.7 Å². The largest absolute Gasteiger partial charge is 0.336 e. The summed E-state index contributed by atoms with van der Waals surface area (Å²) < 4.78 is 3.28. The Morgan fingerprint density at radius 1 is 1.13 bits per heavy atom. The number of nitrogens with zero attached hydrogens (tertiary/aromatic N) is 7. The minimum Gasteiger partial charge on any atom is -0.336 e. The van der Waals surface area contributed by atoms with Crippen LogP contribution in [0.1, 0.15) is 61.3 Å². The van der Waals surface area contributed by atoms with Crippen molar-refractivity contribution in [3.63, 3.8) is 0 Å². The van der Waals surface area contributed by atoms with E-state index in [-0.39, 0.29) is 22.7 Å². The zero-order chi connectivity index (χ0) is 22.3. The molecule has 1 amide bonds. The van der Waals surface area contributed by atoms with E-state index in [0.717, 1.165) is 29.9 Å². The lowest BCUT2D eigenvalue weighted by molar-refractivity contribution is 0.0670. The highest BCUT2D eigenvalue weighted by molar-refractivity contribution is 5.90. The molecule has 0 radical (unpaired) electrons. The molecule has 0 saturated carbocycles. The van der Waals surface area contributed by atoms with E-state index in [1.165, 1.54) is 0 Å². The molecule has 31 heavy (non-hydrogen) atoms. The Hall–Kier alpha value is -3.10. The van der Waals surface area contributed by atoms with Crippen LogP contribution in [0.5, 0.6) is 0 Å². The molecule has 0 N–H and O–H groups in total. The maximum Gasteiger partial charge on any atom is 0.293 e. The molecule has 0 spiro atoms. The summed E-state index contributed by atoms with van der Waals surface area (Å²) >= 11 is 0. The predicted octanol–water partition coefficient (Wildman–Crippen LogP) is 2.15. The van der Waals surface area contributed by atoms with Crippen molar-refractivity contribution in [2.24, 2.45) is 5.92 Å². The Kier molecular flexibility index (Phi) is 5.36. The second-order valence-corrected chi connectivity index (χ2v) is 9.44. The van der Waals surface area contributed by atoms with Gasteiger partial charge in [-0.1, -0.05) is 20.8 Å². The molecule has 0 aliphatic carbocycles. The van der Waals surface area contributed by atoms with Crippen LogP contribution in [-0.4, -0.2) is 53.0 Å². The number of hydrogen-bond acceptors (Lipinski definition) is 6. The lowest BCUT2D eigenvalue weighted by atomic mass is 9.92. The van der Waals surface area contributed by atoms with Crippen molar-refractivity contribution in [2.75, 3.05) is 13.1 Å². The van der Waals surface area contributed by atoms with Crippen molar-refractivity contribution in [1.29, 1.82) is 0 Å². The molecule has 4 heterocycles. The van der Waals surface area contributed by atoms with Crippen molar-refractivity contribution in [3.8, 4) is 0 Å². The van der Waals surface area contributed by atoms with Gasteiger partial charge in [0.2, 0.25) is 5.82 Å². The van der Waals surface area contributed by atoms with Crippen LogP contribution in [0.2, 0.25) is 0 Å². The van der Waals surface area contributed by atoms with E-state index in [0.29, 0.717) is 31.3 Å². The van der Waals surface area contributed by atoms with E-state index in [2.05, 4.69) is 20.1 Å². The Bertz CT molecular complexity index is 1180. The molecule has 3 aromatic heterocycles. The van der Waals surface area contributed by atoms with Gasteiger partial charge in [0.1, 0.15) is 0 Å². The van der Waals surface area contributed by atoms with Crippen molar-refractivity contribution >= 4 is 11.7 Å². The second kappa shape index (κ2) is 7.86. The van der Waals surface area contributed by atoms with Crippen molar-refractivity contribution in [1.82, 2.24) is 34.0 Å². The fraction of sp³-hybridized carbons (Fsp3) is 0.545. The van der Waals surface area contributed by atoms with E-state index in [4.69, 9.17) is 0 Å². The molecule has 0 unspecified atom stereocenters. The number of aromatic nitrogens is 6. The van der Waals surface area contributed by atoms with Gasteiger partial charge in [0.15, 0.2) is 0 Å². The van der Waals surface area contributed by atoms with Crippen LogP contribution in [0.3, 0.4) is 0 Å². The second-order valence-electron chi connectivity index (χ2n) is 9.44. The summed E-state index contributed by atoms with van der Waals surface area (Å²) in [5, 5.41) is 4.35. The highest BCUT2D eigenvalue weighted by Crippen LogP contribution is 2.21. The van der Waals surface area contributed by atoms with Gasteiger partial charge in [-0.2, -0.15) is 4.98 Å². The van der Waals surface area contributed by atoms with Crippen LogP contribution in [0.15, 0.2) is 23.3 Å². The van der Waals surface area contributed by atoms with Gasteiger partial charge in [-0.25, -0.2) is 14.5 Å². The van der Waals surface area contributed by atoms with Crippen molar-refractivity contribution < 1.29 is 4.79 Å². The smallest absolute Gasteiger partial charge is 0.293 e. The fourth-order valence-electron chi connectivity index (χ4n) is 3.97. The Balaban J connectivity index is 1.40. The number of fused-ring (bicyclic) bond motifs is 1. The van der Waals surface area contributed by atoms with Gasteiger partial charge in [-0.3, -0.25) is 14.2 Å². The molecule has 1 saturated heterocycles. The third kappa shape index (κ3) is 4.35. The molecule has 0 atom stereocenters. The first-order valence-corrected chi connectivity index (χ1v) is 10.7. The van der Waals surface area contributed by atoms with Gasteiger partial charge >= 0.3 is 0 Å². The molecule has 1 fully saturated rings. The maximum absolute atomic E-state index is 12.9. The molecular weight excluding hydrogens is 394 g/mol. The average Bonchev–Trinajstić information content (AvgIpc) is 3.13. The number of rotatable bonds is 3. The van der Waals surface area contributed by atoms with Gasteiger partial charge < -0.3 is 4.90 Å². The quantitative estimate of drug-likeness (QED) is 0.640. The van der Waals surface area contributed by atoms with Gasteiger partial charge in [0.05, 0.1) is 12.0 Å². The summed E-state index contributed by atoms with van der Waals surface area (Å²) in [4.78, 5) is 40.3. The zero-order valence-corrected chi connectivity index (χ0v) is 18.8. The lowest BCUT2D eigenvalue weighted by Crippen LogP contribution is -2.40. The molecule has 1 aliphatic heterocycles. The number of amides is 1. The normalized spacial score (nSPS) is 15.6. The number of likely N-dealkylation sites (tertiary alicyclic amines) is 1. The third-order valence-corrected chi connectivity index (χ3v) is 5.81. The number of carbonyl (C=O) groups is 1. The summed E-state index contributed by atoms with van der Waals surface area (Å²) in [7, 11) is 0. The van der Waals surface area contributed by atoms with Gasteiger partial charge in [-0.15, -0.1) is 5.10 Å². The number of hydrogen-bond donors (Lipinski definition) is 0. The molecule has 4 rings (SSSR count). The lowest BCUT2D eigenvalue weighted by Gasteiger charge is -2.31. The molecule has 9 heteroatoms. The van der Waals surface area contributed by atoms with E-state index in [1.54, 1.807) is 26.4 Å². The Morgan fingerprint density at radius 2 is 1.84 bits per heavy atom. The Morgan fingerprint density at radius 3 is 2.48 bits per heavy atom. The summed E-state index contributed by atoms with van der Waals surface area (Å²) in [6.45, 7) is 11.8. The monoisotopic (exact) mass is 423 g/mol. The molecule has 164 valence electrons. The van der Waals surface area contributed by atoms with Gasteiger partial charge in [-0.05, 0) is 38.7 Å². The highest BCUT2D eigenvalue weighted by atomic mass is 16.2. The average molecular weight is 424 g/mol. The van der Waals surface area contributed by atoms with Crippen LogP contribution in [0, 0.1) is 19.8 Å². The van der Waals surface area contributed by atoms with Crippen LogP contribution in [-0.2, 0) is 12.0 Å². The minimum atomic E-state index is -0.172. The summed E-state index contributed by atoms with van der Waals surface area (Å²) in [5.74, 6) is 0.776. The molecule has 0 aromatic carbocycles. The highest BCUT2D eigenvalue weighted by Gasteiger charge is 2.27. The van der Waals surface area contributed by atoms with Crippen molar-refractivity contribution in [2.45, 2.75) is 59.4 Å². The minimum absolute atomic E-state index is 0.0227. The van der Waals surface area contributed by atoms with E-state index >= 15 is 0 Å². The molecule has 0 bridgehead atoms. The summed E-state index contributed by atoms with van der Waals surface area (Å²) in [5.41, 5.74) is 2.36. The predicted molar refractivity (Wildman–Crippen MR) is 116 cm³/mol. The first kappa shape index (κ1) is 21.1.